The molecule has 4 rings (SSSR count). The van der Waals surface area contributed by atoms with Gasteiger partial charge in [-0.15, -0.1) is 0 Å². The molecule has 0 saturated heterocycles. The maximum atomic E-state index is 6.26. The Labute approximate surface area is 168 Å². The van der Waals surface area contributed by atoms with Crippen molar-refractivity contribution in [3.8, 4) is 22.4 Å². The Hall–Kier alpha value is -2.81. The third-order valence-electron chi connectivity index (χ3n) is 4.26. The maximum Gasteiger partial charge on any atom is 0.130 e. The van der Waals surface area contributed by atoms with Crippen molar-refractivity contribution < 1.29 is 0 Å². The van der Waals surface area contributed by atoms with Crippen LogP contribution in [0.4, 0.5) is 0 Å². The second kappa shape index (κ2) is 7.83. The summed E-state index contributed by atoms with van der Waals surface area (Å²) in [7, 11) is 0. The number of hydrogen-bond acceptors (Lipinski definition) is 1. The van der Waals surface area contributed by atoms with Crippen LogP contribution in [0.15, 0.2) is 79.0 Å². The molecule has 1 heterocycles. The molecular weight excluding hydrogens is 375 g/mol. The summed E-state index contributed by atoms with van der Waals surface area (Å²) in [5, 5.41) is 1.19. The van der Waals surface area contributed by atoms with Gasteiger partial charge in [-0.3, -0.25) is 0 Å². The zero-order valence-electron chi connectivity index (χ0n) is 14.4. The molecule has 0 spiro atoms. The molecule has 3 aromatic carbocycles. The van der Waals surface area contributed by atoms with Crippen LogP contribution in [0, 0.1) is 0 Å². The average Bonchev–Trinajstić information content (AvgIpc) is 3.16. The largest absolute Gasteiger partial charge is 0.344 e. The Morgan fingerprint density at radius 1 is 0.778 bits per heavy atom. The van der Waals surface area contributed by atoms with Crippen LogP contribution < -0.4 is 0 Å². The summed E-state index contributed by atoms with van der Waals surface area (Å²) in [5.41, 5.74) is 5.16. The van der Waals surface area contributed by atoms with Gasteiger partial charge >= 0.3 is 0 Å². The number of nitrogens with zero attached hydrogens (tertiary/aromatic N) is 1. The first-order valence-electron chi connectivity index (χ1n) is 8.53. The quantitative estimate of drug-likeness (QED) is 0.391. The van der Waals surface area contributed by atoms with Crippen molar-refractivity contribution in [1.82, 2.24) is 9.97 Å². The summed E-state index contributed by atoms with van der Waals surface area (Å²) in [4.78, 5) is 7.75. The predicted octanol–water partition coefficient (Wildman–Crippen LogP) is 7.22. The summed E-state index contributed by atoms with van der Waals surface area (Å²) < 4.78 is 0. The van der Waals surface area contributed by atoms with E-state index in [2.05, 4.69) is 46.4 Å². The molecule has 1 N–H and O–H groups in total. The number of rotatable bonds is 4. The van der Waals surface area contributed by atoms with Gasteiger partial charge in [-0.1, -0.05) is 83.9 Å². The van der Waals surface area contributed by atoms with Crippen molar-refractivity contribution >= 4 is 35.4 Å². The van der Waals surface area contributed by atoms with Gasteiger partial charge in [-0.05, 0) is 41.0 Å². The van der Waals surface area contributed by atoms with Crippen molar-refractivity contribution in [2.24, 2.45) is 0 Å². The highest BCUT2D eigenvalue weighted by Crippen LogP contribution is 2.29. The van der Waals surface area contributed by atoms with Crippen LogP contribution in [0.2, 0.25) is 10.0 Å². The number of benzene rings is 3. The molecule has 0 aliphatic carbocycles. The molecule has 4 aromatic rings. The van der Waals surface area contributed by atoms with Gasteiger partial charge in [0.05, 0.1) is 10.7 Å². The highest BCUT2D eigenvalue weighted by Gasteiger charge is 2.07. The first kappa shape index (κ1) is 17.6. The van der Waals surface area contributed by atoms with Crippen molar-refractivity contribution in [2.45, 2.75) is 0 Å². The lowest BCUT2D eigenvalue weighted by molar-refractivity contribution is 1.27. The molecule has 0 saturated carbocycles. The molecule has 0 aliphatic heterocycles. The number of halogens is 2. The van der Waals surface area contributed by atoms with Gasteiger partial charge in [0, 0.05) is 16.8 Å². The molecular formula is C23H16Cl2N2. The Bertz CT molecular complexity index is 1080. The van der Waals surface area contributed by atoms with Gasteiger partial charge < -0.3 is 4.98 Å². The summed E-state index contributed by atoms with van der Waals surface area (Å²) in [5.74, 6) is 0.767. The lowest BCUT2D eigenvalue weighted by Crippen LogP contribution is -1.81. The Morgan fingerprint density at radius 3 is 2.26 bits per heavy atom. The third-order valence-corrected chi connectivity index (χ3v) is 4.80. The lowest BCUT2D eigenvalue weighted by atomic mass is 10.0. The molecule has 27 heavy (non-hydrogen) atoms. The minimum atomic E-state index is 0.584. The Kier molecular flexibility index (Phi) is 5.10. The van der Waals surface area contributed by atoms with Crippen LogP contribution in [0.25, 0.3) is 34.5 Å². The minimum absolute atomic E-state index is 0.584. The van der Waals surface area contributed by atoms with E-state index < -0.39 is 0 Å². The van der Waals surface area contributed by atoms with E-state index in [1.165, 1.54) is 11.1 Å². The number of nitrogens with one attached hydrogen (secondary N) is 1. The van der Waals surface area contributed by atoms with E-state index >= 15 is 0 Å². The van der Waals surface area contributed by atoms with Crippen LogP contribution in [0.3, 0.4) is 0 Å². The second-order valence-electron chi connectivity index (χ2n) is 6.12. The topological polar surface area (TPSA) is 28.7 Å². The normalized spacial score (nSPS) is 11.2. The van der Waals surface area contributed by atoms with E-state index in [-0.39, 0.29) is 0 Å². The number of aromatic amines is 1. The molecule has 0 unspecified atom stereocenters. The maximum absolute atomic E-state index is 6.26. The smallest absolute Gasteiger partial charge is 0.130 e. The molecule has 0 amide bonds. The summed E-state index contributed by atoms with van der Waals surface area (Å²) in [6, 6.07) is 24.2. The fourth-order valence-electron chi connectivity index (χ4n) is 2.85. The van der Waals surface area contributed by atoms with Crippen LogP contribution in [0.1, 0.15) is 11.4 Å². The molecule has 0 bridgehead atoms. The van der Waals surface area contributed by atoms with E-state index in [1.54, 1.807) is 12.1 Å². The highest BCUT2D eigenvalue weighted by molar-refractivity contribution is 6.36. The van der Waals surface area contributed by atoms with Crippen molar-refractivity contribution in [2.75, 3.05) is 0 Å². The van der Waals surface area contributed by atoms with Gasteiger partial charge in [-0.25, -0.2) is 4.98 Å². The standard InChI is InChI=1S/C23H16Cl2N2/c24-19-11-12-20(21(25)14-19)22-15-26-23(27-22)13-8-16-6-9-18(10-7-16)17-4-2-1-3-5-17/h1-15H,(H,26,27). The molecule has 4 heteroatoms. The average molecular weight is 391 g/mol. The van der Waals surface area contributed by atoms with Crippen molar-refractivity contribution in [1.29, 1.82) is 0 Å². The van der Waals surface area contributed by atoms with Gasteiger partial charge in [0.2, 0.25) is 0 Å². The van der Waals surface area contributed by atoms with E-state index in [4.69, 9.17) is 23.2 Å². The predicted molar refractivity (Wildman–Crippen MR) is 115 cm³/mol. The fraction of sp³-hybridized carbons (Fsp3) is 0. The van der Waals surface area contributed by atoms with Gasteiger partial charge in [0.15, 0.2) is 0 Å². The molecule has 0 atom stereocenters. The van der Waals surface area contributed by atoms with E-state index in [1.807, 2.05) is 42.6 Å². The van der Waals surface area contributed by atoms with E-state index in [0.717, 1.165) is 22.6 Å². The van der Waals surface area contributed by atoms with Crippen LogP contribution in [0.5, 0.6) is 0 Å². The molecule has 0 radical (unpaired) electrons. The first-order chi connectivity index (χ1) is 13.2. The van der Waals surface area contributed by atoms with Gasteiger partial charge in [0.1, 0.15) is 5.82 Å². The fourth-order valence-corrected chi connectivity index (χ4v) is 3.35. The Morgan fingerprint density at radius 2 is 1.52 bits per heavy atom. The SMILES string of the molecule is Clc1ccc(-c2c[nH]c(C=Cc3ccc(-c4ccccc4)cc3)n2)c(Cl)c1. The zero-order chi connectivity index (χ0) is 18.6. The molecule has 1 aromatic heterocycles. The summed E-state index contributed by atoms with van der Waals surface area (Å²) in [6.45, 7) is 0. The van der Waals surface area contributed by atoms with Gasteiger partial charge in [0.25, 0.3) is 0 Å². The number of H-pyrrole nitrogens is 1. The molecule has 0 aliphatic rings. The lowest BCUT2D eigenvalue weighted by Gasteiger charge is -2.01. The summed E-state index contributed by atoms with van der Waals surface area (Å²) >= 11 is 12.2. The molecule has 132 valence electrons. The van der Waals surface area contributed by atoms with E-state index in [9.17, 15) is 0 Å². The number of imidazole rings is 1. The third kappa shape index (κ3) is 4.13. The second-order valence-corrected chi connectivity index (χ2v) is 6.96. The summed E-state index contributed by atoms with van der Waals surface area (Å²) in [6.07, 6.45) is 5.82. The number of aromatic nitrogens is 2. The van der Waals surface area contributed by atoms with E-state index in [0.29, 0.717) is 10.0 Å². The number of hydrogen-bond donors (Lipinski definition) is 1. The van der Waals surface area contributed by atoms with Crippen molar-refractivity contribution in [3.05, 3.63) is 100 Å². The molecule has 0 fully saturated rings. The zero-order valence-corrected chi connectivity index (χ0v) is 15.9. The first-order valence-corrected chi connectivity index (χ1v) is 9.29. The van der Waals surface area contributed by atoms with Crippen LogP contribution >= 0.6 is 23.2 Å². The monoisotopic (exact) mass is 390 g/mol. The highest BCUT2D eigenvalue weighted by atomic mass is 35.5. The van der Waals surface area contributed by atoms with Crippen LogP contribution in [-0.4, -0.2) is 9.97 Å². The Balaban J connectivity index is 1.51. The van der Waals surface area contributed by atoms with Crippen LogP contribution in [-0.2, 0) is 0 Å². The van der Waals surface area contributed by atoms with Gasteiger partial charge in [-0.2, -0.15) is 0 Å². The molecule has 2 nitrogen and oxygen atoms in total. The van der Waals surface area contributed by atoms with Crippen molar-refractivity contribution in [3.63, 3.8) is 0 Å². The minimum Gasteiger partial charge on any atom is -0.344 e.